The number of hydrogen-bond donors (Lipinski definition) is 1. The third-order valence-corrected chi connectivity index (χ3v) is 1.59. The molecule has 1 heterocycles. The number of phenols is 1. The minimum absolute atomic E-state index is 0. The summed E-state index contributed by atoms with van der Waals surface area (Å²) in [6, 6.07) is 4.96. The maximum Gasteiger partial charge on any atom is 0.117 e. The van der Waals surface area contributed by atoms with E-state index in [4.69, 9.17) is 5.11 Å². The van der Waals surface area contributed by atoms with E-state index >= 15 is 0 Å². The number of aromatic hydroxyl groups is 1. The minimum Gasteiger partial charge on any atom is -0.508 e. The summed E-state index contributed by atoms with van der Waals surface area (Å²) in [5.74, 6) is 0.239. The summed E-state index contributed by atoms with van der Waals surface area (Å²) in [6.07, 6.45) is 0. The van der Waals surface area contributed by atoms with Crippen molar-refractivity contribution in [2.75, 3.05) is 0 Å². The molecule has 1 aromatic heterocycles. The highest BCUT2D eigenvalue weighted by Gasteiger charge is 1.99. The van der Waals surface area contributed by atoms with Gasteiger partial charge < -0.3 is 5.11 Å². The summed E-state index contributed by atoms with van der Waals surface area (Å²) in [5.41, 5.74) is 1.63. The number of fused-ring (bicyclic) bond motifs is 1. The molecule has 2 rings (SSSR count). The van der Waals surface area contributed by atoms with Gasteiger partial charge in [0.1, 0.15) is 11.3 Å². The van der Waals surface area contributed by atoms with Crippen LogP contribution in [-0.4, -0.2) is 20.1 Å². The van der Waals surface area contributed by atoms with Gasteiger partial charge in [-0.3, -0.25) is 0 Å². The van der Waals surface area contributed by atoms with Gasteiger partial charge in [0.15, 0.2) is 0 Å². The molecular weight excluding hydrogens is 178 g/mol. The van der Waals surface area contributed by atoms with E-state index in [1.807, 2.05) is 0 Å². The Morgan fingerprint density at radius 2 is 2.17 bits per heavy atom. The van der Waals surface area contributed by atoms with E-state index in [0.717, 1.165) is 11.0 Å². The molecule has 0 bridgehead atoms. The summed E-state index contributed by atoms with van der Waals surface area (Å²) in [7, 11) is 1.79. The lowest BCUT2D eigenvalue weighted by molar-refractivity contribution is 0.476. The van der Waals surface area contributed by atoms with E-state index in [1.165, 1.54) is 0 Å². The van der Waals surface area contributed by atoms with Crippen molar-refractivity contribution in [3.8, 4) is 5.75 Å². The van der Waals surface area contributed by atoms with E-state index < -0.39 is 0 Å². The molecule has 1 aromatic carbocycles. The number of rotatable bonds is 0. The fourth-order valence-electron chi connectivity index (χ4n) is 1.02. The highest BCUT2D eigenvalue weighted by Crippen LogP contribution is 2.16. The van der Waals surface area contributed by atoms with Gasteiger partial charge >= 0.3 is 0 Å². The van der Waals surface area contributed by atoms with Gasteiger partial charge in [-0.05, 0) is 12.1 Å². The molecule has 0 aliphatic heterocycles. The van der Waals surface area contributed by atoms with Crippen LogP contribution in [0.1, 0.15) is 0 Å². The number of halogens is 1. The van der Waals surface area contributed by atoms with Gasteiger partial charge in [-0.1, -0.05) is 5.21 Å². The molecule has 0 radical (unpaired) electrons. The first-order valence-corrected chi connectivity index (χ1v) is 3.26. The molecule has 64 valence electrons. The Labute approximate surface area is 75.2 Å². The molecule has 4 nitrogen and oxygen atoms in total. The van der Waals surface area contributed by atoms with E-state index in [2.05, 4.69) is 10.3 Å². The molecule has 0 aliphatic rings. The van der Waals surface area contributed by atoms with Crippen LogP contribution in [0.5, 0.6) is 5.75 Å². The van der Waals surface area contributed by atoms with Gasteiger partial charge in [0.2, 0.25) is 0 Å². The van der Waals surface area contributed by atoms with Crippen molar-refractivity contribution in [3.05, 3.63) is 18.2 Å². The molecule has 0 fully saturated rings. The van der Waals surface area contributed by atoms with Crippen LogP contribution in [0.15, 0.2) is 18.2 Å². The zero-order valence-electron chi connectivity index (χ0n) is 6.43. The normalized spacial score (nSPS) is 9.75. The maximum absolute atomic E-state index is 9.10. The Bertz CT molecular complexity index is 398. The summed E-state index contributed by atoms with van der Waals surface area (Å²) in [6.45, 7) is 0. The quantitative estimate of drug-likeness (QED) is 0.669. The molecule has 0 amide bonds. The average molecular weight is 186 g/mol. The van der Waals surface area contributed by atoms with E-state index in [1.54, 1.807) is 29.9 Å². The molecule has 2 aromatic rings. The first-order valence-electron chi connectivity index (χ1n) is 3.26. The molecule has 12 heavy (non-hydrogen) atoms. The molecule has 0 aliphatic carbocycles. The lowest BCUT2D eigenvalue weighted by Crippen LogP contribution is -1.88. The first kappa shape index (κ1) is 8.80. The van der Waals surface area contributed by atoms with Crippen LogP contribution >= 0.6 is 12.4 Å². The van der Waals surface area contributed by atoms with E-state index in [-0.39, 0.29) is 18.2 Å². The number of aryl methyl sites for hydroxylation is 1. The maximum atomic E-state index is 9.10. The number of hydrogen-bond acceptors (Lipinski definition) is 3. The number of phenolic OH excluding ortho intramolecular Hbond substituents is 1. The number of benzene rings is 1. The highest BCUT2D eigenvalue weighted by molar-refractivity contribution is 5.85. The van der Waals surface area contributed by atoms with E-state index in [9.17, 15) is 0 Å². The van der Waals surface area contributed by atoms with Crippen LogP contribution in [-0.2, 0) is 7.05 Å². The molecule has 1 N–H and O–H groups in total. The summed E-state index contributed by atoms with van der Waals surface area (Å²) < 4.78 is 1.62. The molecule has 5 heteroatoms. The predicted octanol–water partition coefficient (Wildman–Crippen LogP) is 1.10. The lowest BCUT2D eigenvalue weighted by atomic mass is 10.3. The van der Waals surface area contributed by atoms with Crippen molar-refractivity contribution < 1.29 is 5.11 Å². The van der Waals surface area contributed by atoms with Gasteiger partial charge in [0.25, 0.3) is 0 Å². The third-order valence-electron chi connectivity index (χ3n) is 1.59. The SMILES string of the molecule is Cl.Cn1nnc2ccc(O)cc21. The molecule has 0 unspecified atom stereocenters. The molecule has 0 saturated heterocycles. The monoisotopic (exact) mass is 185 g/mol. The van der Waals surface area contributed by atoms with Crippen molar-refractivity contribution in [1.82, 2.24) is 15.0 Å². The van der Waals surface area contributed by atoms with Gasteiger partial charge in [-0.25, -0.2) is 4.68 Å². The summed E-state index contributed by atoms with van der Waals surface area (Å²) >= 11 is 0. The van der Waals surface area contributed by atoms with Crippen LogP contribution in [0.2, 0.25) is 0 Å². The van der Waals surface area contributed by atoms with Crippen LogP contribution in [0.4, 0.5) is 0 Å². The number of aromatic nitrogens is 3. The molecule has 0 saturated carbocycles. The fraction of sp³-hybridized carbons (Fsp3) is 0.143. The Morgan fingerprint density at radius 3 is 2.92 bits per heavy atom. The third kappa shape index (κ3) is 1.21. The van der Waals surface area contributed by atoms with Crippen LogP contribution in [0, 0.1) is 0 Å². The Balaban J connectivity index is 0.000000720. The molecular formula is C7H8ClN3O. The standard InChI is InChI=1S/C7H7N3O.ClH/c1-10-7-4-5(11)2-3-6(7)8-9-10;/h2-4,11H,1H3;1H. The Hall–Kier alpha value is -1.29. The van der Waals surface area contributed by atoms with Crippen molar-refractivity contribution in [2.24, 2.45) is 7.05 Å². The molecule has 0 spiro atoms. The summed E-state index contributed by atoms with van der Waals surface area (Å²) in [4.78, 5) is 0. The lowest BCUT2D eigenvalue weighted by Gasteiger charge is -1.91. The van der Waals surface area contributed by atoms with Gasteiger partial charge in [0.05, 0.1) is 5.52 Å². The topological polar surface area (TPSA) is 50.9 Å². The van der Waals surface area contributed by atoms with E-state index in [0.29, 0.717) is 0 Å². The second kappa shape index (κ2) is 2.98. The number of nitrogens with zero attached hydrogens (tertiary/aromatic N) is 3. The Morgan fingerprint density at radius 1 is 1.42 bits per heavy atom. The second-order valence-electron chi connectivity index (χ2n) is 2.39. The average Bonchev–Trinajstić information content (AvgIpc) is 2.33. The molecule has 0 atom stereocenters. The first-order chi connectivity index (χ1) is 5.27. The smallest absolute Gasteiger partial charge is 0.117 e. The van der Waals surface area contributed by atoms with Crippen LogP contribution < -0.4 is 0 Å². The minimum atomic E-state index is 0. The predicted molar refractivity (Wildman–Crippen MR) is 47.4 cm³/mol. The van der Waals surface area contributed by atoms with Crippen LogP contribution in [0.25, 0.3) is 11.0 Å². The Kier molecular flexibility index (Phi) is 2.19. The zero-order valence-corrected chi connectivity index (χ0v) is 7.25. The zero-order chi connectivity index (χ0) is 7.84. The van der Waals surface area contributed by atoms with Gasteiger partial charge in [0, 0.05) is 13.1 Å². The highest BCUT2D eigenvalue weighted by atomic mass is 35.5. The second-order valence-corrected chi connectivity index (χ2v) is 2.39. The van der Waals surface area contributed by atoms with Crippen molar-refractivity contribution in [3.63, 3.8) is 0 Å². The van der Waals surface area contributed by atoms with Gasteiger partial charge in [-0.2, -0.15) is 0 Å². The largest absolute Gasteiger partial charge is 0.508 e. The van der Waals surface area contributed by atoms with Crippen molar-refractivity contribution in [2.45, 2.75) is 0 Å². The van der Waals surface area contributed by atoms with Crippen molar-refractivity contribution in [1.29, 1.82) is 0 Å². The van der Waals surface area contributed by atoms with Crippen molar-refractivity contribution >= 4 is 23.4 Å². The fourth-order valence-corrected chi connectivity index (χ4v) is 1.02. The van der Waals surface area contributed by atoms with Crippen LogP contribution in [0.3, 0.4) is 0 Å². The summed E-state index contributed by atoms with van der Waals surface area (Å²) in [5, 5.41) is 16.8. The van der Waals surface area contributed by atoms with Gasteiger partial charge in [-0.15, -0.1) is 17.5 Å².